The molecule has 0 aliphatic rings. The van der Waals surface area contributed by atoms with E-state index < -0.39 is 66.4 Å². The third-order valence-corrected chi connectivity index (χ3v) is 2.97. The van der Waals surface area contributed by atoms with Crippen molar-refractivity contribution in [2.24, 2.45) is 0 Å². The molecule has 0 spiro atoms. The number of hydrogen-bond donors (Lipinski definition) is 0. The van der Waals surface area contributed by atoms with Crippen LogP contribution < -0.4 is 17.1 Å². The van der Waals surface area contributed by atoms with Crippen LogP contribution >= 0.6 is 0 Å². The molecule has 0 aromatic carbocycles. The summed E-state index contributed by atoms with van der Waals surface area (Å²) in [6.45, 7) is 5.97. The van der Waals surface area contributed by atoms with Crippen molar-refractivity contribution in [2.75, 3.05) is 0 Å². The second kappa shape index (κ2) is 6.31. The molecule has 1 aromatic heterocycles. The van der Waals surface area contributed by atoms with E-state index in [4.69, 9.17) is 0 Å². The molecule has 1 heterocycles. The highest BCUT2D eigenvalue weighted by Gasteiger charge is 2.50. The van der Waals surface area contributed by atoms with Crippen molar-refractivity contribution in [3.63, 3.8) is 0 Å². The van der Waals surface area contributed by atoms with Gasteiger partial charge < -0.3 is 0 Å². The Labute approximate surface area is 141 Å². The highest BCUT2D eigenvalue weighted by molar-refractivity contribution is 5.04. The molecule has 0 amide bonds. The predicted molar refractivity (Wildman–Crippen MR) is 70.5 cm³/mol. The molecule has 6 nitrogen and oxygen atoms in total. The molecule has 0 saturated heterocycles. The number of nitrogens with zero attached hydrogens (tertiary/aromatic N) is 3. The van der Waals surface area contributed by atoms with Crippen LogP contribution in [0.25, 0.3) is 0 Å². The van der Waals surface area contributed by atoms with Gasteiger partial charge in [-0.1, -0.05) is 19.7 Å². The molecule has 1 rings (SSSR count). The van der Waals surface area contributed by atoms with Gasteiger partial charge in [-0.25, -0.2) is 27.6 Å². The summed E-state index contributed by atoms with van der Waals surface area (Å²) in [4.78, 5) is 35.2. The van der Waals surface area contributed by atoms with Gasteiger partial charge in [-0.3, -0.25) is 0 Å². The van der Waals surface area contributed by atoms with Crippen LogP contribution in [0.1, 0.15) is 0 Å². The SMILES string of the molecule is C=C(F)C(F)(F)n1c(=O)n(C(F)(F)C(=C)F)c(=O)n(C(F)(F)C(=C)F)c1=O. The summed E-state index contributed by atoms with van der Waals surface area (Å²) in [5.41, 5.74) is -9.35. The third-order valence-electron chi connectivity index (χ3n) is 2.97. The minimum atomic E-state index is -5.56. The van der Waals surface area contributed by atoms with Crippen LogP contribution in [0.4, 0.5) is 39.5 Å². The lowest BCUT2D eigenvalue weighted by Gasteiger charge is -2.24. The molecule has 0 fully saturated rings. The second-order valence-electron chi connectivity index (χ2n) is 4.69. The first kappa shape index (κ1) is 22.0. The monoisotopic (exact) mass is 411 g/mol. The molecule has 0 saturated carbocycles. The summed E-state index contributed by atoms with van der Waals surface area (Å²) in [7, 11) is 0. The Hall–Kier alpha value is -3.00. The van der Waals surface area contributed by atoms with Crippen molar-refractivity contribution in [3.05, 3.63) is 68.7 Å². The Morgan fingerprint density at radius 1 is 0.556 bits per heavy atom. The summed E-state index contributed by atoms with van der Waals surface area (Å²) in [5, 5.41) is 0. The van der Waals surface area contributed by atoms with E-state index in [0.29, 0.717) is 0 Å². The van der Waals surface area contributed by atoms with Crippen molar-refractivity contribution in [1.29, 1.82) is 0 Å². The van der Waals surface area contributed by atoms with Crippen molar-refractivity contribution in [2.45, 2.75) is 18.1 Å². The van der Waals surface area contributed by atoms with Crippen LogP contribution in [0.15, 0.2) is 51.6 Å². The lowest BCUT2D eigenvalue weighted by Crippen LogP contribution is -2.64. The Morgan fingerprint density at radius 3 is 0.815 bits per heavy atom. The van der Waals surface area contributed by atoms with E-state index in [9.17, 15) is 53.9 Å². The zero-order valence-corrected chi connectivity index (χ0v) is 12.6. The number of hydrogen-bond acceptors (Lipinski definition) is 3. The summed E-state index contributed by atoms with van der Waals surface area (Å²) in [6, 6.07) is -16.7. The van der Waals surface area contributed by atoms with Gasteiger partial charge in [0.1, 0.15) is 0 Å². The molecule has 0 N–H and O–H groups in total. The maximum absolute atomic E-state index is 13.7. The smallest absolute Gasteiger partial charge is 0.247 e. The number of halogens is 9. The number of rotatable bonds is 6. The summed E-state index contributed by atoms with van der Waals surface area (Å²) < 4.78 is 115. The quantitative estimate of drug-likeness (QED) is 0.675. The van der Waals surface area contributed by atoms with Crippen molar-refractivity contribution >= 4 is 0 Å². The Balaban J connectivity index is 4.43. The second-order valence-corrected chi connectivity index (χ2v) is 4.69. The van der Waals surface area contributed by atoms with Gasteiger partial charge in [0.05, 0.1) is 0 Å². The minimum Gasteiger partial charge on any atom is -0.247 e. The zero-order valence-electron chi connectivity index (χ0n) is 12.6. The minimum absolute atomic E-state index is 1.90. The Morgan fingerprint density at radius 2 is 0.704 bits per heavy atom. The van der Waals surface area contributed by atoms with E-state index in [1.54, 1.807) is 0 Å². The van der Waals surface area contributed by atoms with Crippen LogP contribution in [0, 0.1) is 0 Å². The summed E-state index contributed by atoms with van der Waals surface area (Å²) in [5.74, 6) is -8.66. The fourth-order valence-electron chi connectivity index (χ4n) is 1.63. The molecular formula is C12H6F9N3O3. The lowest BCUT2D eigenvalue weighted by molar-refractivity contribution is -0.115. The average Bonchev–Trinajstić information content (AvgIpc) is 2.45. The van der Waals surface area contributed by atoms with Crippen LogP contribution in [0.5, 0.6) is 0 Å². The normalized spacial score (nSPS) is 12.8. The molecule has 15 heteroatoms. The molecule has 0 atom stereocenters. The summed E-state index contributed by atoms with van der Waals surface area (Å²) >= 11 is 0. The van der Waals surface area contributed by atoms with Crippen molar-refractivity contribution in [1.82, 2.24) is 13.7 Å². The van der Waals surface area contributed by atoms with Gasteiger partial charge in [0, 0.05) is 0 Å². The average molecular weight is 411 g/mol. The van der Waals surface area contributed by atoms with Gasteiger partial charge in [0.2, 0.25) is 0 Å². The Kier molecular flexibility index (Phi) is 5.15. The van der Waals surface area contributed by atoms with Crippen LogP contribution in [-0.2, 0) is 18.1 Å². The Bertz CT molecular complexity index is 857. The molecule has 0 aliphatic heterocycles. The van der Waals surface area contributed by atoms with E-state index in [1.165, 1.54) is 0 Å². The lowest BCUT2D eigenvalue weighted by atomic mass is 10.4. The van der Waals surface area contributed by atoms with Gasteiger partial charge in [-0.2, -0.15) is 40.0 Å². The van der Waals surface area contributed by atoms with E-state index in [0.717, 1.165) is 0 Å². The highest BCUT2D eigenvalue weighted by Crippen LogP contribution is 2.31. The zero-order chi connectivity index (χ0) is 21.7. The van der Waals surface area contributed by atoms with Crippen LogP contribution in [0.3, 0.4) is 0 Å². The molecule has 0 bridgehead atoms. The van der Waals surface area contributed by atoms with E-state index in [-0.39, 0.29) is 0 Å². The van der Waals surface area contributed by atoms with Gasteiger partial charge in [0.25, 0.3) is 0 Å². The largest absolute Gasteiger partial charge is 0.389 e. The summed E-state index contributed by atoms with van der Waals surface area (Å²) in [6.07, 6.45) is 0. The molecule has 0 radical (unpaired) electrons. The number of alkyl halides is 6. The van der Waals surface area contributed by atoms with Crippen LogP contribution in [-0.4, -0.2) is 13.7 Å². The van der Waals surface area contributed by atoms with Gasteiger partial charge in [-0.15, -0.1) is 0 Å². The highest BCUT2D eigenvalue weighted by atomic mass is 19.3. The van der Waals surface area contributed by atoms with Gasteiger partial charge >= 0.3 is 35.2 Å². The number of aromatic nitrogens is 3. The fourth-order valence-corrected chi connectivity index (χ4v) is 1.63. The first-order valence-electron chi connectivity index (χ1n) is 6.14. The van der Waals surface area contributed by atoms with E-state index in [1.807, 2.05) is 19.7 Å². The predicted octanol–water partition coefficient (Wildman–Crippen LogP) is 2.27. The first-order chi connectivity index (χ1) is 11.9. The van der Waals surface area contributed by atoms with E-state index >= 15 is 0 Å². The topological polar surface area (TPSA) is 66.0 Å². The first-order valence-corrected chi connectivity index (χ1v) is 6.14. The molecule has 0 unspecified atom stereocenters. The van der Waals surface area contributed by atoms with Gasteiger partial charge in [0.15, 0.2) is 17.5 Å². The maximum Gasteiger partial charge on any atom is 0.389 e. The molecule has 150 valence electrons. The maximum atomic E-state index is 13.7. The third kappa shape index (κ3) is 3.12. The van der Waals surface area contributed by atoms with Crippen molar-refractivity contribution in [3.8, 4) is 0 Å². The standard InChI is InChI=1S/C12H6F9N3O3/c1-4(13)10(16,17)22-7(25)23(11(18,19)5(2)14)9(27)24(8(22)26)12(20,21)6(3)15/h1-3H2. The molecular weight excluding hydrogens is 405 g/mol. The molecule has 1 aromatic rings. The van der Waals surface area contributed by atoms with Gasteiger partial charge in [-0.05, 0) is 0 Å². The molecule has 0 aliphatic carbocycles. The van der Waals surface area contributed by atoms with E-state index in [2.05, 4.69) is 0 Å². The van der Waals surface area contributed by atoms with Crippen molar-refractivity contribution < 1.29 is 39.5 Å². The van der Waals surface area contributed by atoms with Crippen LogP contribution in [0.2, 0.25) is 0 Å². The number of allylic oxidation sites excluding steroid dienone is 3. The molecule has 27 heavy (non-hydrogen) atoms. The fraction of sp³-hybridized carbons (Fsp3) is 0.250.